The minimum Gasteiger partial charge on any atom is -0.369 e. The molecule has 1 aliphatic heterocycles. The van der Waals surface area contributed by atoms with Gasteiger partial charge in [0.15, 0.2) is 16.7 Å². The van der Waals surface area contributed by atoms with Crippen molar-refractivity contribution >= 4 is 32.4 Å². The lowest BCUT2D eigenvalue weighted by molar-refractivity contribution is -0.118. The van der Waals surface area contributed by atoms with E-state index in [1.165, 1.54) is 12.1 Å². The Kier molecular flexibility index (Phi) is 2.76. The molecule has 1 amide bonds. The second-order valence-corrected chi connectivity index (χ2v) is 5.22. The first-order valence-corrected chi connectivity index (χ1v) is 6.41. The number of fused-ring (bicyclic) bond motifs is 1. The summed E-state index contributed by atoms with van der Waals surface area (Å²) in [5.41, 5.74) is 5.34. The molecule has 0 aliphatic carbocycles. The number of aliphatic imine (C=N–C) groups is 1. The van der Waals surface area contributed by atoms with Gasteiger partial charge in [-0.3, -0.25) is 9.59 Å². The molecule has 94 valence electrons. The van der Waals surface area contributed by atoms with Crippen LogP contribution in [0.3, 0.4) is 0 Å². The molecule has 0 saturated heterocycles. The number of rotatable bonds is 1. The van der Waals surface area contributed by atoms with Crippen LogP contribution in [0.25, 0.3) is 0 Å². The molecule has 4 N–H and O–H groups in total. The number of carbonyl (C=O) groups excluding carboxylic acids is 2. The fourth-order valence-corrected chi connectivity index (χ4v) is 2.49. The Bertz CT molecular complexity index is 678. The molecule has 8 heteroatoms. The molecule has 2 rings (SSSR count). The predicted molar refractivity (Wildman–Crippen MR) is 63.7 cm³/mol. The van der Waals surface area contributed by atoms with E-state index in [1.807, 2.05) is 0 Å². The van der Waals surface area contributed by atoms with E-state index in [0.717, 1.165) is 0 Å². The fraction of sp³-hybridized carbons (Fsp3) is 0.100. The molecular formula is C10H9N3O4S. The average Bonchev–Trinajstić information content (AvgIpc) is 2.27. The summed E-state index contributed by atoms with van der Waals surface area (Å²) in [6.07, 6.45) is 0. The van der Waals surface area contributed by atoms with Gasteiger partial charge in [-0.05, 0) is 12.1 Å². The van der Waals surface area contributed by atoms with Gasteiger partial charge in [0.1, 0.15) is 0 Å². The first-order chi connectivity index (χ1) is 8.32. The van der Waals surface area contributed by atoms with Crippen molar-refractivity contribution in [2.75, 3.05) is 0 Å². The number of hydrogen-bond acceptors (Lipinski definition) is 5. The maximum absolute atomic E-state index is 12.0. The number of primary amides is 1. The van der Waals surface area contributed by atoms with Crippen molar-refractivity contribution < 1.29 is 18.0 Å². The minimum atomic E-state index is -4.27. The molecule has 1 aromatic carbocycles. The highest BCUT2D eigenvalue weighted by atomic mass is 32.2. The van der Waals surface area contributed by atoms with Gasteiger partial charge < -0.3 is 5.73 Å². The summed E-state index contributed by atoms with van der Waals surface area (Å²) >= 11 is 0. The van der Waals surface area contributed by atoms with Gasteiger partial charge >= 0.3 is 0 Å². The Morgan fingerprint density at radius 1 is 1.28 bits per heavy atom. The van der Waals surface area contributed by atoms with E-state index < -0.39 is 32.7 Å². The van der Waals surface area contributed by atoms with Crippen LogP contribution >= 0.6 is 0 Å². The second-order valence-electron chi connectivity index (χ2n) is 3.71. The Labute approximate surface area is 103 Å². The van der Waals surface area contributed by atoms with E-state index in [2.05, 4.69) is 4.99 Å². The Hall–Kier alpha value is -2.06. The molecule has 0 radical (unpaired) electrons. The lowest BCUT2D eigenvalue weighted by Crippen LogP contribution is -2.44. The summed E-state index contributed by atoms with van der Waals surface area (Å²) in [7, 11) is -4.27. The van der Waals surface area contributed by atoms with Crippen LogP contribution in [0.2, 0.25) is 0 Å². The number of hydrogen-bond donors (Lipinski definition) is 2. The Morgan fingerprint density at radius 3 is 2.44 bits per heavy atom. The molecule has 7 nitrogen and oxygen atoms in total. The highest BCUT2D eigenvalue weighted by Crippen LogP contribution is 2.29. The van der Waals surface area contributed by atoms with Crippen LogP contribution in [-0.4, -0.2) is 25.2 Å². The van der Waals surface area contributed by atoms with Gasteiger partial charge in [-0.1, -0.05) is 12.1 Å². The largest absolute Gasteiger partial charge is 0.369 e. The van der Waals surface area contributed by atoms with E-state index in [0.29, 0.717) is 0 Å². The molecule has 1 aliphatic rings. The van der Waals surface area contributed by atoms with Gasteiger partial charge in [0, 0.05) is 5.56 Å². The molecule has 0 spiro atoms. The number of para-hydroxylation sites is 1. The van der Waals surface area contributed by atoms with Crippen molar-refractivity contribution in [3.8, 4) is 0 Å². The predicted octanol–water partition coefficient (Wildman–Crippen LogP) is -0.697. The monoisotopic (exact) mass is 267 g/mol. The summed E-state index contributed by atoms with van der Waals surface area (Å²) in [5.74, 6) is -3.46. The number of primary sulfonamides is 1. The smallest absolute Gasteiger partial charge is 0.252 e. The number of nitrogens with zero attached hydrogens (tertiary/aromatic N) is 1. The highest BCUT2D eigenvalue weighted by molar-refractivity contribution is 8.04. The third-order valence-electron chi connectivity index (χ3n) is 2.49. The van der Waals surface area contributed by atoms with Crippen LogP contribution < -0.4 is 10.9 Å². The van der Waals surface area contributed by atoms with Crippen molar-refractivity contribution in [2.45, 2.75) is 0 Å². The number of ketones is 1. The maximum atomic E-state index is 12.0. The van der Waals surface area contributed by atoms with Crippen molar-refractivity contribution in [3.05, 3.63) is 29.8 Å². The van der Waals surface area contributed by atoms with Crippen LogP contribution in [0, 0.1) is 5.92 Å². The van der Waals surface area contributed by atoms with E-state index >= 15 is 0 Å². The molecule has 1 aromatic rings. The topological polar surface area (TPSA) is 133 Å². The summed E-state index contributed by atoms with van der Waals surface area (Å²) < 4.78 is 22.7. The number of sulfonamides is 1. The van der Waals surface area contributed by atoms with E-state index in [1.54, 1.807) is 12.1 Å². The third kappa shape index (κ3) is 1.91. The molecule has 1 atom stereocenters. The minimum absolute atomic E-state index is 0.147. The summed E-state index contributed by atoms with van der Waals surface area (Å²) in [6.45, 7) is 0. The normalized spacial score (nSPS) is 19.1. The van der Waals surface area contributed by atoms with E-state index in [-0.39, 0.29) is 11.3 Å². The lowest BCUT2D eigenvalue weighted by Gasteiger charge is -2.19. The first kappa shape index (κ1) is 12.4. The number of benzene rings is 1. The first-order valence-electron chi connectivity index (χ1n) is 4.86. The van der Waals surface area contributed by atoms with E-state index in [4.69, 9.17) is 10.9 Å². The lowest BCUT2D eigenvalue weighted by atomic mass is 9.94. The number of amides is 1. The van der Waals surface area contributed by atoms with Gasteiger partial charge in [0.25, 0.3) is 10.0 Å². The van der Waals surface area contributed by atoms with Crippen LogP contribution in [0.15, 0.2) is 29.3 Å². The Morgan fingerprint density at radius 2 is 1.89 bits per heavy atom. The van der Waals surface area contributed by atoms with Gasteiger partial charge in [-0.25, -0.2) is 18.5 Å². The van der Waals surface area contributed by atoms with Crippen LogP contribution in [-0.2, 0) is 14.8 Å². The molecule has 0 aromatic heterocycles. The number of nitrogens with two attached hydrogens (primary N) is 2. The summed E-state index contributed by atoms with van der Waals surface area (Å²) in [4.78, 5) is 27.0. The zero-order chi connectivity index (χ0) is 13.5. The standard InChI is InChI=1S/C10H9N3O4S/c11-9(15)7-8(14)5-3-1-2-4-6(5)13-10(7)18(12,16)17/h1-4,7H,(H2,11,15)(H2,12,16,17). The van der Waals surface area contributed by atoms with Crippen LogP contribution in [0.1, 0.15) is 10.4 Å². The highest BCUT2D eigenvalue weighted by Gasteiger charge is 2.40. The molecule has 1 unspecified atom stereocenters. The zero-order valence-corrected chi connectivity index (χ0v) is 9.85. The number of Topliss-reactive ketones (excluding diaryl/α,β-unsaturated/α-hetero) is 1. The zero-order valence-electron chi connectivity index (χ0n) is 9.03. The second kappa shape index (κ2) is 4.00. The maximum Gasteiger partial charge on any atom is 0.252 e. The van der Waals surface area contributed by atoms with E-state index in [9.17, 15) is 18.0 Å². The molecule has 18 heavy (non-hydrogen) atoms. The Balaban J connectivity index is 2.74. The van der Waals surface area contributed by atoms with Crippen molar-refractivity contribution in [2.24, 2.45) is 21.8 Å². The van der Waals surface area contributed by atoms with Crippen molar-refractivity contribution in [3.63, 3.8) is 0 Å². The molecule has 0 saturated carbocycles. The molecule has 0 fully saturated rings. The fourth-order valence-electron chi connectivity index (χ4n) is 1.71. The average molecular weight is 267 g/mol. The summed E-state index contributed by atoms with van der Waals surface area (Å²) in [5, 5.41) is 4.23. The molecule has 1 heterocycles. The van der Waals surface area contributed by atoms with Crippen LogP contribution in [0.5, 0.6) is 0 Å². The van der Waals surface area contributed by atoms with Crippen molar-refractivity contribution in [1.29, 1.82) is 0 Å². The molecule has 0 bridgehead atoms. The quantitative estimate of drug-likeness (QED) is 0.651. The van der Waals surface area contributed by atoms with Gasteiger partial charge in [0.05, 0.1) is 5.69 Å². The van der Waals surface area contributed by atoms with Crippen molar-refractivity contribution in [1.82, 2.24) is 0 Å². The SMILES string of the molecule is NC(=O)C1C(=O)c2ccccc2N=C1S(N)(=O)=O. The number of carbonyl (C=O) groups is 2. The molecular weight excluding hydrogens is 258 g/mol. The van der Waals surface area contributed by atoms with Gasteiger partial charge in [-0.15, -0.1) is 0 Å². The summed E-state index contributed by atoms with van der Waals surface area (Å²) in [6, 6.07) is 6.06. The third-order valence-corrected chi connectivity index (χ3v) is 3.40. The van der Waals surface area contributed by atoms with Crippen LogP contribution in [0.4, 0.5) is 5.69 Å². The van der Waals surface area contributed by atoms with Gasteiger partial charge in [0.2, 0.25) is 5.91 Å². The van der Waals surface area contributed by atoms with Gasteiger partial charge in [-0.2, -0.15) is 0 Å².